The van der Waals surface area contributed by atoms with Crippen molar-refractivity contribution in [2.24, 2.45) is 7.05 Å². The number of aryl methyl sites for hydroxylation is 2. The normalized spacial score (nSPS) is 11.1. The molecule has 0 bridgehead atoms. The number of hydrogen-bond acceptors (Lipinski definition) is 4. The molecule has 1 amide bonds. The van der Waals surface area contributed by atoms with Gasteiger partial charge in [-0.1, -0.05) is 41.9 Å². The highest BCUT2D eigenvalue weighted by Gasteiger charge is 2.17. The molecule has 33 heavy (non-hydrogen) atoms. The minimum atomic E-state index is -0.220. The van der Waals surface area contributed by atoms with E-state index in [1.54, 1.807) is 15.6 Å². The number of nitrogens with one attached hydrogen (secondary N) is 1. The molecule has 0 unspecified atom stereocenters. The summed E-state index contributed by atoms with van der Waals surface area (Å²) in [4.78, 5) is 18.1. The SMILES string of the molecule is Cc1nn(C)cc1-c1cc(C(=O)Nc2cnn(Cc3ccc(Cl)cc3)c2)c2ccccc2n1. The molecule has 7 nitrogen and oxygen atoms in total. The number of halogens is 1. The van der Waals surface area contributed by atoms with Gasteiger partial charge in [-0.15, -0.1) is 0 Å². The highest BCUT2D eigenvalue weighted by Crippen LogP contribution is 2.27. The average molecular weight is 457 g/mol. The highest BCUT2D eigenvalue weighted by atomic mass is 35.5. The predicted octanol–water partition coefficient (Wildman–Crippen LogP) is 5.09. The van der Waals surface area contributed by atoms with Crippen LogP contribution >= 0.6 is 11.6 Å². The second kappa shape index (κ2) is 8.52. The Balaban J connectivity index is 1.44. The molecule has 3 aromatic heterocycles. The number of pyridine rings is 1. The fraction of sp³-hybridized carbons (Fsp3) is 0.120. The zero-order valence-corrected chi connectivity index (χ0v) is 18.9. The number of benzene rings is 2. The summed E-state index contributed by atoms with van der Waals surface area (Å²) in [6.07, 6.45) is 5.36. The maximum Gasteiger partial charge on any atom is 0.256 e. The zero-order chi connectivity index (χ0) is 22.9. The van der Waals surface area contributed by atoms with Crippen LogP contribution in [0.2, 0.25) is 5.02 Å². The number of fused-ring (bicyclic) bond motifs is 1. The van der Waals surface area contributed by atoms with Crippen molar-refractivity contribution in [3.8, 4) is 11.3 Å². The summed E-state index contributed by atoms with van der Waals surface area (Å²) >= 11 is 5.96. The van der Waals surface area contributed by atoms with Gasteiger partial charge in [0.05, 0.1) is 40.9 Å². The smallest absolute Gasteiger partial charge is 0.256 e. The summed E-state index contributed by atoms with van der Waals surface area (Å²) in [5, 5.41) is 13.2. The first-order valence-corrected chi connectivity index (χ1v) is 10.8. The third kappa shape index (κ3) is 4.36. The van der Waals surface area contributed by atoms with Crippen LogP contribution in [0.15, 0.2) is 73.2 Å². The van der Waals surface area contributed by atoms with Gasteiger partial charge in [-0.3, -0.25) is 14.2 Å². The summed E-state index contributed by atoms with van der Waals surface area (Å²) in [7, 11) is 1.87. The maximum absolute atomic E-state index is 13.3. The Labute approximate surface area is 195 Å². The van der Waals surface area contributed by atoms with Crippen molar-refractivity contribution in [2.45, 2.75) is 13.5 Å². The van der Waals surface area contributed by atoms with Crippen molar-refractivity contribution in [3.63, 3.8) is 0 Å². The number of rotatable bonds is 5. The van der Waals surface area contributed by atoms with Crippen molar-refractivity contribution in [2.75, 3.05) is 5.32 Å². The van der Waals surface area contributed by atoms with Crippen molar-refractivity contribution in [3.05, 3.63) is 95.0 Å². The van der Waals surface area contributed by atoms with E-state index in [1.807, 2.05) is 81.0 Å². The number of nitrogens with zero attached hydrogens (tertiary/aromatic N) is 5. The molecule has 0 fully saturated rings. The van der Waals surface area contributed by atoms with Gasteiger partial charge in [-0.05, 0) is 36.8 Å². The first-order chi connectivity index (χ1) is 16.0. The number of hydrogen-bond donors (Lipinski definition) is 1. The Morgan fingerprint density at radius 3 is 2.64 bits per heavy atom. The Hall–Kier alpha value is -3.97. The first kappa shape index (κ1) is 20.9. The molecule has 3 heterocycles. The van der Waals surface area contributed by atoms with Crippen molar-refractivity contribution in [1.29, 1.82) is 0 Å². The molecule has 0 aliphatic heterocycles. The quantitative estimate of drug-likeness (QED) is 0.399. The van der Waals surface area contributed by atoms with Gasteiger partial charge in [0.1, 0.15) is 0 Å². The van der Waals surface area contributed by atoms with E-state index in [4.69, 9.17) is 16.6 Å². The fourth-order valence-electron chi connectivity index (χ4n) is 3.84. The van der Waals surface area contributed by atoms with E-state index in [0.29, 0.717) is 28.5 Å². The summed E-state index contributed by atoms with van der Waals surface area (Å²) in [6, 6.07) is 17.0. The number of para-hydroxylation sites is 1. The molecule has 8 heteroatoms. The molecule has 0 atom stereocenters. The predicted molar refractivity (Wildman–Crippen MR) is 129 cm³/mol. The van der Waals surface area contributed by atoms with Gasteiger partial charge in [0.15, 0.2) is 0 Å². The van der Waals surface area contributed by atoms with Crippen molar-refractivity contribution < 1.29 is 4.79 Å². The topological polar surface area (TPSA) is 77.6 Å². The molecule has 0 aliphatic rings. The Morgan fingerprint density at radius 2 is 1.88 bits per heavy atom. The lowest BCUT2D eigenvalue weighted by Crippen LogP contribution is -2.13. The molecule has 5 aromatic rings. The van der Waals surface area contributed by atoms with Gasteiger partial charge in [-0.25, -0.2) is 4.98 Å². The minimum absolute atomic E-state index is 0.220. The average Bonchev–Trinajstić information content (AvgIpc) is 3.39. The Bertz CT molecular complexity index is 1470. The highest BCUT2D eigenvalue weighted by molar-refractivity contribution is 6.30. The molecular formula is C25H21ClN6O. The van der Waals surface area contributed by atoms with Gasteiger partial charge < -0.3 is 5.32 Å². The molecule has 164 valence electrons. The first-order valence-electron chi connectivity index (χ1n) is 10.4. The molecule has 5 rings (SSSR count). The second-order valence-corrected chi connectivity index (χ2v) is 8.32. The lowest BCUT2D eigenvalue weighted by molar-refractivity contribution is 0.102. The van der Waals surface area contributed by atoms with Gasteiger partial charge in [0.2, 0.25) is 0 Å². The van der Waals surface area contributed by atoms with Crippen LogP contribution in [-0.2, 0) is 13.6 Å². The van der Waals surface area contributed by atoms with E-state index in [-0.39, 0.29) is 5.91 Å². The largest absolute Gasteiger partial charge is 0.319 e. The van der Waals surface area contributed by atoms with Crippen LogP contribution in [0.1, 0.15) is 21.6 Å². The summed E-state index contributed by atoms with van der Waals surface area (Å²) in [5.41, 5.74) is 5.45. The van der Waals surface area contributed by atoms with Crippen LogP contribution in [0.5, 0.6) is 0 Å². The second-order valence-electron chi connectivity index (χ2n) is 7.88. The summed E-state index contributed by atoms with van der Waals surface area (Å²) < 4.78 is 3.52. The Morgan fingerprint density at radius 1 is 1.09 bits per heavy atom. The van der Waals surface area contributed by atoms with Crippen LogP contribution in [0, 0.1) is 6.92 Å². The third-order valence-corrected chi connectivity index (χ3v) is 5.65. The van der Waals surface area contributed by atoms with Crippen molar-refractivity contribution >= 4 is 34.1 Å². The molecule has 0 radical (unpaired) electrons. The molecular weight excluding hydrogens is 436 g/mol. The number of carbonyl (C=O) groups is 1. The number of aromatic nitrogens is 5. The Kier molecular flexibility index (Phi) is 5.40. The van der Waals surface area contributed by atoms with Crippen LogP contribution in [-0.4, -0.2) is 30.5 Å². The monoisotopic (exact) mass is 456 g/mol. The zero-order valence-electron chi connectivity index (χ0n) is 18.2. The van der Waals surface area contributed by atoms with E-state index in [1.165, 1.54) is 0 Å². The van der Waals surface area contributed by atoms with Gasteiger partial charge in [0.25, 0.3) is 5.91 Å². The number of amides is 1. The fourth-order valence-corrected chi connectivity index (χ4v) is 3.97. The van der Waals surface area contributed by atoms with E-state index < -0.39 is 0 Å². The molecule has 0 spiro atoms. The molecule has 2 aromatic carbocycles. The van der Waals surface area contributed by atoms with Crippen molar-refractivity contribution in [1.82, 2.24) is 24.5 Å². The summed E-state index contributed by atoms with van der Waals surface area (Å²) in [6.45, 7) is 2.51. The third-order valence-electron chi connectivity index (χ3n) is 5.40. The lowest BCUT2D eigenvalue weighted by atomic mass is 10.0. The lowest BCUT2D eigenvalue weighted by Gasteiger charge is -2.09. The molecule has 1 N–H and O–H groups in total. The molecule has 0 saturated heterocycles. The van der Waals surface area contributed by atoms with Crippen LogP contribution in [0.25, 0.3) is 22.2 Å². The maximum atomic E-state index is 13.3. The molecule has 0 aliphatic carbocycles. The molecule has 0 saturated carbocycles. The van der Waals surface area contributed by atoms with Crippen LogP contribution in [0.3, 0.4) is 0 Å². The van der Waals surface area contributed by atoms with E-state index >= 15 is 0 Å². The minimum Gasteiger partial charge on any atom is -0.319 e. The van der Waals surface area contributed by atoms with E-state index in [9.17, 15) is 4.79 Å². The van der Waals surface area contributed by atoms with Gasteiger partial charge in [0, 0.05) is 35.4 Å². The van der Waals surface area contributed by atoms with Gasteiger partial charge in [-0.2, -0.15) is 10.2 Å². The van der Waals surface area contributed by atoms with Gasteiger partial charge >= 0.3 is 0 Å². The van der Waals surface area contributed by atoms with Crippen LogP contribution in [0.4, 0.5) is 5.69 Å². The summed E-state index contributed by atoms with van der Waals surface area (Å²) in [5.74, 6) is -0.220. The van der Waals surface area contributed by atoms with E-state index in [2.05, 4.69) is 15.5 Å². The van der Waals surface area contributed by atoms with Crippen LogP contribution < -0.4 is 5.32 Å². The van der Waals surface area contributed by atoms with E-state index in [0.717, 1.165) is 27.7 Å². The number of anilines is 1. The number of carbonyl (C=O) groups excluding carboxylic acids is 1. The standard InChI is InChI=1S/C25H21ClN6O/c1-16-22(15-31(2)30-16)24-11-21(20-5-3-4-6-23(20)29-24)25(33)28-19-12-27-32(14-19)13-17-7-9-18(26)10-8-17/h3-12,14-15H,13H2,1-2H3,(H,28,33).